The summed E-state index contributed by atoms with van der Waals surface area (Å²) in [7, 11) is 1.75. The molecular formula is C27H42N2O4. The van der Waals surface area contributed by atoms with Gasteiger partial charge in [-0.05, 0) is 61.4 Å². The van der Waals surface area contributed by atoms with Gasteiger partial charge in [0, 0.05) is 30.6 Å². The van der Waals surface area contributed by atoms with E-state index >= 15 is 0 Å². The van der Waals surface area contributed by atoms with Crippen LogP contribution >= 0.6 is 0 Å². The number of aliphatic carboxylic acids is 1. The van der Waals surface area contributed by atoms with E-state index < -0.39 is 11.9 Å². The second-order valence-electron chi connectivity index (χ2n) is 10.1. The van der Waals surface area contributed by atoms with Crippen molar-refractivity contribution in [2.75, 3.05) is 13.7 Å². The van der Waals surface area contributed by atoms with Crippen molar-refractivity contribution in [2.24, 2.45) is 17.6 Å². The minimum Gasteiger partial charge on any atom is -0.481 e. The molecule has 33 heavy (non-hydrogen) atoms. The first-order chi connectivity index (χ1) is 15.9. The molecule has 0 aromatic heterocycles. The van der Waals surface area contributed by atoms with Crippen LogP contribution in [0.2, 0.25) is 0 Å². The van der Waals surface area contributed by atoms with Crippen molar-refractivity contribution in [2.45, 2.75) is 95.6 Å². The Balaban J connectivity index is 1.78. The smallest absolute Gasteiger partial charge is 0.306 e. The monoisotopic (exact) mass is 458 g/mol. The number of carboxylic acids is 1. The van der Waals surface area contributed by atoms with Gasteiger partial charge >= 0.3 is 5.97 Å². The van der Waals surface area contributed by atoms with E-state index in [4.69, 9.17) is 10.5 Å². The van der Waals surface area contributed by atoms with Crippen LogP contribution in [0.3, 0.4) is 0 Å². The number of ether oxygens (including phenoxy) is 1. The summed E-state index contributed by atoms with van der Waals surface area (Å²) in [4.78, 5) is 23.9. The van der Waals surface area contributed by atoms with Crippen LogP contribution in [0.4, 0.5) is 0 Å². The van der Waals surface area contributed by atoms with Gasteiger partial charge in [0.1, 0.15) is 0 Å². The SMILES string of the molecule is CCC1(CC)c2cc(C(N)=O)ccc2C[C@H](OC)[C@@H]1NCC[C@H](CC1CCCCC1)C(=O)O. The van der Waals surface area contributed by atoms with Crippen molar-refractivity contribution in [3.05, 3.63) is 34.9 Å². The fraction of sp³-hybridized carbons (Fsp3) is 0.704. The first-order valence-corrected chi connectivity index (χ1v) is 12.8. The van der Waals surface area contributed by atoms with E-state index in [9.17, 15) is 14.7 Å². The van der Waals surface area contributed by atoms with Crippen LogP contribution in [0.25, 0.3) is 0 Å². The number of hydrogen-bond acceptors (Lipinski definition) is 4. The number of primary amides is 1. The van der Waals surface area contributed by atoms with E-state index in [0.717, 1.165) is 25.7 Å². The molecule has 0 aliphatic heterocycles. The molecule has 0 radical (unpaired) electrons. The maximum Gasteiger partial charge on any atom is 0.306 e. The maximum atomic E-state index is 12.0. The third-order valence-corrected chi connectivity index (χ3v) is 8.43. The standard InChI is InChI=1S/C27H42N2O4/c1-4-27(5-2)22-16-20(25(28)30)12-11-19(22)17-23(33-3)24(27)29-14-13-21(26(31)32)15-18-9-7-6-8-10-18/h11-12,16,18,21,23-24,29H,4-10,13-15,17H2,1-3H3,(H2,28,30)(H,31,32)/t21-,23+,24+/m1/s1. The summed E-state index contributed by atoms with van der Waals surface area (Å²) in [6, 6.07) is 5.83. The normalized spacial score (nSPS) is 23.6. The van der Waals surface area contributed by atoms with E-state index in [-0.39, 0.29) is 23.5 Å². The zero-order chi connectivity index (χ0) is 24.0. The van der Waals surface area contributed by atoms with Gasteiger partial charge in [-0.3, -0.25) is 9.59 Å². The lowest BCUT2D eigenvalue weighted by molar-refractivity contribution is -0.142. The highest BCUT2D eigenvalue weighted by Gasteiger charge is 2.46. The molecule has 1 aromatic carbocycles. The van der Waals surface area contributed by atoms with E-state index in [1.807, 2.05) is 12.1 Å². The fourth-order valence-electron chi connectivity index (χ4n) is 6.43. The Morgan fingerprint density at radius 1 is 1.21 bits per heavy atom. The van der Waals surface area contributed by atoms with Crippen LogP contribution in [0.5, 0.6) is 0 Å². The maximum absolute atomic E-state index is 12.0. The number of carboxylic acid groups (broad SMARTS) is 1. The molecule has 2 aliphatic carbocycles. The fourth-order valence-corrected chi connectivity index (χ4v) is 6.43. The first kappa shape index (κ1) is 25.7. The van der Waals surface area contributed by atoms with Gasteiger partial charge in [0.05, 0.1) is 12.0 Å². The number of amides is 1. The van der Waals surface area contributed by atoms with Crippen molar-refractivity contribution in [3.63, 3.8) is 0 Å². The van der Waals surface area contributed by atoms with Crippen molar-refractivity contribution in [1.29, 1.82) is 0 Å². The number of carbonyl (C=O) groups is 2. The van der Waals surface area contributed by atoms with Gasteiger partial charge in [0.2, 0.25) is 5.91 Å². The molecule has 3 atom stereocenters. The molecule has 1 fully saturated rings. The number of rotatable bonds is 11. The van der Waals surface area contributed by atoms with Gasteiger partial charge in [-0.2, -0.15) is 0 Å². The van der Waals surface area contributed by atoms with Gasteiger partial charge in [-0.25, -0.2) is 0 Å². The predicted molar refractivity (Wildman–Crippen MR) is 130 cm³/mol. The van der Waals surface area contributed by atoms with E-state index in [1.165, 1.54) is 43.2 Å². The third kappa shape index (κ3) is 5.60. The Labute approximate surface area is 198 Å². The second kappa shape index (κ2) is 11.5. The zero-order valence-electron chi connectivity index (χ0n) is 20.6. The zero-order valence-corrected chi connectivity index (χ0v) is 20.6. The summed E-state index contributed by atoms with van der Waals surface area (Å²) in [5.74, 6) is -0.852. The third-order valence-electron chi connectivity index (χ3n) is 8.43. The van der Waals surface area contributed by atoms with Crippen LogP contribution in [-0.2, 0) is 21.4 Å². The Kier molecular flexibility index (Phi) is 8.94. The molecular weight excluding hydrogens is 416 g/mol. The lowest BCUT2D eigenvalue weighted by Crippen LogP contribution is -2.59. The van der Waals surface area contributed by atoms with Gasteiger partial charge in [0.25, 0.3) is 0 Å². The van der Waals surface area contributed by atoms with Crippen LogP contribution < -0.4 is 11.1 Å². The van der Waals surface area contributed by atoms with Crippen molar-refractivity contribution in [3.8, 4) is 0 Å². The van der Waals surface area contributed by atoms with Gasteiger partial charge in [-0.1, -0.05) is 52.0 Å². The summed E-state index contributed by atoms with van der Waals surface area (Å²) in [5.41, 5.74) is 8.29. The summed E-state index contributed by atoms with van der Waals surface area (Å²) in [6.07, 6.45) is 10.0. The lowest BCUT2D eigenvalue weighted by atomic mass is 9.62. The second-order valence-corrected chi connectivity index (χ2v) is 10.1. The Bertz CT molecular complexity index is 814. The van der Waals surface area contributed by atoms with Crippen LogP contribution in [-0.4, -0.2) is 42.8 Å². The molecule has 0 heterocycles. The van der Waals surface area contributed by atoms with Crippen LogP contribution in [0.15, 0.2) is 18.2 Å². The highest BCUT2D eigenvalue weighted by molar-refractivity contribution is 5.93. The quantitative estimate of drug-likeness (QED) is 0.455. The van der Waals surface area contributed by atoms with Crippen LogP contribution in [0, 0.1) is 11.8 Å². The molecule has 3 rings (SSSR count). The minimum absolute atomic E-state index is 0.0153. The Hall–Kier alpha value is -1.92. The summed E-state index contributed by atoms with van der Waals surface area (Å²) >= 11 is 0. The van der Waals surface area contributed by atoms with Crippen molar-refractivity contribution in [1.82, 2.24) is 5.32 Å². The minimum atomic E-state index is -0.678. The molecule has 1 amide bonds. The van der Waals surface area contributed by atoms with Gasteiger partial charge < -0.3 is 20.9 Å². The first-order valence-electron chi connectivity index (χ1n) is 12.8. The molecule has 0 bridgehead atoms. The molecule has 2 aliphatic rings. The molecule has 0 saturated heterocycles. The van der Waals surface area contributed by atoms with Crippen molar-refractivity contribution < 1.29 is 19.4 Å². The summed E-state index contributed by atoms with van der Waals surface area (Å²) in [5, 5.41) is 13.6. The largest absolute Gasteiger partial charge is 0.481 e. The average molecular weight is 459 g/mol. The van der Waals surface area contributed by atoms with Gasteiger partial charge in [0.15, 0.2) is 0 Å². The number of methoxy groups -OCH3 is 1. The number of fused-ring (bicyclic) bond motifs is 1. The Morgan fingerprint density at radius 2 is 1.91 bits per heavy atom. The number of nitrogens with two attached hydrogens (primary N) is 1. The predicted octanol–water partition coefficient (Wildman–Crippen LogP) is 4.43. The molecule has 6 heteroatoms. The molecule has 0 spiro atoms. The van der Waals surface area contributed by atoms with Gasteiger partial charge in [-0.15, -0.1) is 0 Å². The molecule has 184 valence electrons. The highest BCUT2D eigenvalue weighted by atomic mass is 16.5. The molecule has 6 nitrogen and oxygen atoms in total. The van der Waals surface area contributed by atoms with E-state index in [1.54, 1.807) is 13.2 Å². The summed E-state index contributed by atoms with van der Waals surface area (Å²) in [6.45, 7) is 5.00. The molecule has 0 unspecified atom stereocenters. The number of benzene rings is 1. The van der Waals surface area contributed by atoms with Crippen molar-refractivity contribution >= 4 is 11.9 Å². The Morgan fingerprint density at radius 3 is 2.48 bits per heavy atom. The number of hydrogen-bond donors (Lipinski definition) is 3. The topological polar surface area (TPSA) is 102 Å². The molecule has 4 N–H and O–H groups in total. The highest BCUT2D eigenvalue weighted by Crippen LogP contribution is 2.44. The summed E-state index contributed by atoms with van der Waals surface area (Å²) < 4.78 is 5.95. The number of nitrogens with one attached hydrogen (secondary N) is 1. The molecule has 1 aromatic rings. The van der Waals surface area contributed by atoms with E-state index in [0.29, 0.717) is 24.4 Å². The van der Waals surface area contributed by atoms with Crippen LogP contribution in [0.1, 0.15) is 93.1 Å². The number of carbonyl (C=O) groups excluding carboxylic acids is 1. The molecule has 1 saturated carbocycles. The lowest BCUT2D eigenvalue weighted by Gasteiger charge is -2.49. The average Bonchev–Trinajstić information content (AvgIpc) is 2.83. The van der Waals surface area contributed by atoms with E-state index in [2.05, 4.69) is 19.2 Å².